The molecule has 0 aliphatic carbocycles. The van der Waals surface area contributed by atoms with E-state index in [4.69, 9.17) is 4.74 Å². The zero-order valence-electron chi connectivity index (χ0n) is 11.5. The number of nitrogens with zero attached hydrogens (tertiary/aromatic N) is 1. The number of aryl methyl sites for hydroxylation is 1. The molecule has 1 aliphatic rings. The van der Waals surface area contributed by atoms with Crippen molar-refractivity contribution in [3.05, 3.63) is 28.8 Å². The van der Waals surface area contributed by atoms with E-state index in [2.05, 4.69) is 36.3 Å². The summed E-state index contributed by atoms with van der Waals surface area (Å²) < 4.78 is 5.48. The molecule has 0 amide bonds. The van der Waals surface area contributed by atoms with Crippen molar-refractivity contribution < 1.29 is 4.74 Å². The summed E-state index contributed by atoms with van der Waals surface area (Å²) in [5, 5.41) is 3.35. The number of hydrogen-bond donors (Lipinski definition) is 1. The van der Waals surface area contributed by atoms with Crippen LogP contribution in [0.4, 0.5) is 0 Å². The van der Waals surface area contributed by atoms with Gasteiger partial charge < -0.3 is 10.1 Å². The average molecular weight is 246 g/mol. The molecular weight excluding hydrogens is 224 g/mol. The Labute approximate surface area is 109 Å². The highest BCUT2D eigenvalue weighted by Gasteiger charge is 2.15. The summed E-state index contributed by atoms with van der Waals surface area (Å²) in [6.45, 7) is 6.27. The Balaban J connectivity index is 2.39. The van der Waals surface area contributed by atoms with Crippen LogP contribution in [0.3, 0.4) is 0 Å². The van der Waals surface area contributed by atoms with E-state index in [1.165, 1.54) is 16.7 Å². The van der Waals surface area contributed by atoms with Gasteiger partial charge in [-0.15, -0.1) is 0 Å². The Kier molecular flexibility index (Phi) is 4.24. The number of benzene rings is 1. The van der Waals surface area contributed by atoms with Gasteiger partial charge in [0.1, 0.15) is 11.6 Å². The van der Waals surface area contributed by atoms with E-state index in [0.29, 0.717) is 0 Å². The summed E-state index contributed by atoms with van der Waals surface area (Å²) >= 11 is 0. The van der Waals surface area contributed by atoms with Crippen molar-refractivity contribution in [2.24, 2.45) is 4.99 Å². The highest BCUT2D eigenvalue weighted by atomic mass is 16.5. The molecule has 2 rings (SSSR count). The SMILES string of the molecule is CCc1ccc(OC)c(CC)c1CC1=NCCN1. The Bertz CT molecular complexity index is 452. The minimum absolute atomic E-state index is 0.905. The lowest BCUT2D eigenvalue weighted by atomic mass is 9.94. The van der Waals surface area contributed by atoms with Crippen molar-refractivity contribution in [1.82, 2.24) is 5.32 Å². The molecule has 0 bridgehead atoms. The average Bonchev–Trinajstić information content (AvgIpc) is 2.91. The van der Waals surface area contributed by atoms with Crippen molar-refractivity contribution in [1.29, 1.82) is 0 Å². The highest BCUT2D eigenvalue weighted by Crippen LogP contribution is 2.27. The van der Waals surface area contributed by atoms with Gasteiger partial charge in [0.05, 0.1) is 13.7 Å². The smallest absolute Gasteiger partial charge is 0.122 e. The third kappa shape index (κ3) is 2.50. The summed E-state index contributed by atoms with van der Waals surface area (Å²) in [5.74, 6) is 2.12. The monoisotopic (exact) mass is 246 g/mol. The van der Waals surface area contributed by atoms with Crippen LogP contribution in [0, 0.1) is 0 Å². The van der Waals surface area contributed by atoms with Crippen molar-refractivity contribution in [3.63, 3.8) is 0 Å². The number of ether oxygens (including phenoxy) is 1. The molecule has 3 heteroatoms. The number of hydrogen-bond acceptors (Lipinski definition) is 3. The molecule has 1 aliphatic heterocycles. The van der Waals surface area contributed by atoms with E-state index in [1.807, 2.05) is 0 Å². The van der Waals surface area contributed by atoms with E-state index in [9.17, 15) is 0 Å². The van der Waals surface area contributed by atoms with Gasteiger partial charge in [0.25, 0.3) is 0 Å². The van der Waals surface area contributed by atoms with Crippen molar-refractivity contribution in [2.75, 3.05) is 20.2 Å². The van der Waals surface area contributed by atoms with Crippen LogP contribution >= 0.6 is 0 Å². The molecule has 0 atom stereocenters. The number of aliphatic imine (C=N–C) groups is 1. The number of nitrogens with one attached hydrogen (secondary N) is 1. The molecule has 1 heterocycles. The fourth-order valence-electron chi connectivity index (χ4n) is 2.58. The van der Waals surface area contributed by atoms with Crippen LogP contribution in [-0.2, 0) is 19.3 Å². The third-order valence-electron chi connectivity index (χ3n) is 3.53. The summed E-state index contributed by atoms with van der Waals surface area (Å²) in [5.41, 5.74) is 4.13. The predicted octanol–water partition coefficient (Wildman–Crippen LogP) is 2.36. The van der Waals surface area contributed by atoms with Gasteiger partial charge in [-0.2, -0.15) is 0 Å². The largest absolute Gasteiger partial charge is 0.496 e. The zero-order valence-corrected chi connectivity index (χ0v) is 11.5. The van der Waals surface area contributed by atoms with Gasteiger partial charge in [-0.1, -0.05) is 19.9 Å². The molecule has 18 heavy (non-hydrogen) atoms. The van der Waals surface area contributed by atoms with Crippen molar-refractivity contribution in [2.45, 2.75) is 33.1 Å². The normalized spacial score (nSPS) is 14.3. The fourth-order valence-corrected chi connectivity index (χ4v) is 2.58. The second-order valence-corrected chi connectivity index (χ2v) is 4.52. The van der Waals surface area contributed by atoms with Gasteiger partial charge in [0.15, 0.2) is 0 Å². The minimum Gasteiger partial charge on any atom is -0.496 e. The second kappa shape index (κ2) is 5.89. The second-order valence-electron chi connectivity index (χ2n) is 4.52. The molecule has 0 radical (unpaired) electrons. The Morgan fingerprint density at radius 3 is 2.61 bits per heavy atom. The standard InChI is InChI=1S/C15H22N2O/c1-4-11-6-7-14(18-3)12(5-2)13(11)10-15-16-8-9-17-15/h6-7H,4-5,8-10H2,1-3H3,(H,16,17). The first-order chi connectivity index (χ1) is 8.80. The Hall–Kier alpha value is -1.51. The lowest BCUT2D eigenvalue weighted by Crippen LogP contribution is -2.22. The first kappa shape index (κ1) is 12.9. The maximum absolute atomic E-state index is 5.48. The van der Waals surface area contributed by atoms with Gasteiger partial charge in [-0.3, -0.25) is 4.99 Å². The molecule has 0 saturated carbocycles. The first-order valence-corrected chi connectivity index (χ1v) is 6.74. The number of amidine groups is 1. The maximum atomic E-state index is 5.48. The molecule has 3 nitrogen and oxygen atoms in total. The molecule has 0 spiro atoms. The molecule has 1 N–H and O–H groups in total. The summed E-state index contributed by atoms with van der Waals surface area (Å²) in [6, 6.07) is 4.27. The van der Waals surface area contributed by atoms with Gasteiger partial charge in [-0.05, 0) is 35.6 Å². The lowest BCUT2D eigenvalue weighted by Gasteiger charge is -2.17. The summed E-state index contributed by atoms with van der Waals surface area (Å²) in [7, 11) is 1.75. The van der Waals surface area contributed by atoms with Crippen LogP contribution < -0.4 is 10.1 Å². The first-order valence-electron chi connectivity index (χ1n) is 6.74. The maximum Gasteiger partial charge on any atom is 0.122 e. The molecule has 1 aromatic carbocycles. The minimum atomic E-state index is 0.905. The van der Waals surface area contributed by atoms with Crippen molar-refractivity contribution >= 4 is 5.84 Å². The van der Waals surface area contributed by atoms with Gasteiger partial charge >= 0.3 is 0 Å². The van der Waals surface area contributed by atoms with Crippen LogP contribution in [0.5, 0.6) is 5.75 Å². The molecule has 0 aromatic heterocycles. The summed E-state index contributed by atoms with van der Waals surface area (Å²) in [6.07, 6.45) is 2.96. The van der Waals surface area contributed by atoms with E-state index >= 15 is 0 Å². The van der Waals surface area contributed by atoms with Crippen LogP contribution in [0.25, 0.3) is 0 Å². The van der Waals surface area contributed by atoms with Gasteiger partial charge in [0.2, 0.25) is 0 Å². The lowest BCUT2D eigenvalue weighted by molar-refractivity contribution is 0.409. The molecule has 0 saturated heterocycles. The van der Waals surface area contributed by atoms with Gasteiger partial charge in [-0.25, -0.2) is 0 Å². The fraction of sp³-hybridized carbons (Fsp3) is 0.533. The van der Waals surface area contributed by atoms with Crippen LogP contribution in [0.2, 0.25) is 0 Å². The number of rotatable bonds is 5. The topological polar surface area (TPSA) is 33.6 Å². The zero-order chi connectivity index (χ0) is 13.0. The van der Waals surface area contributed by atoms with Crippen LogP contribution in [-0.4, -0.2) is 26.0 Å². The molecule has 0 fully saturated rings. The van der Waals surface area contributed by atoms with Crippen molar-refractivity contribution in [3.8, 4) is 5.75 Å². The Morgan fingerprint density at radius 2 is 2.06 bits per heavy atom. The number of methoxy groups -OCH3 is 1. The van der Waals surface area contributed by atoms with Gasteiger partial charge in [0, 0.05) is 13.0 Å². The van der Waals surface area contributed by atoms with Crippen LogP contribution in [0.15, 0.2) is 17.1 Å². The molecule has 1 aromatic rings. The molecular formula is C15H22N2O. The molecule has 98 valence electrons. The predicted molar refractivity (Wildman–Crippen MR) is 75.8 cm³/mol. The van der Waals surface area contributed by atoms with E-state index in [1.54, 1.807) is 7.11 Å². The van der Waals surface area contributed by atoms with E-state index < -0.39 is 0 Å². The quantitative estimate of drug-likeness (QED) is 0.865. The highest BCUT2D eigenvalue weighted by molar-refractivity contribution is 5.86. The third-order valence-corrected chi connectivity index (χ3v) is 3.53. The summed E-state index contributed by atoms with van der Waals surface area (Å²) in [4.78, 5) is 4.50. The van der Waals surface area contributed by atoms with E-state index in [0.717, 1.165) is 43.9 Å². The Morgan fingerprint density at radius 1 is 1.22 bits per heavy atom. The van der Waals surface area contributed by atoms with Crippen LogP contribution in [0.1, 0.15) is 30.5 Å². The molecule has 0 unspecified atom stereocenters. The van der Waals surface area contributed by atoms with E-state index in [-0.39, 0.29) is 0 Å².